The number of piperidine rings is 1. The van der Waals surface area contributed by atoms with Crippen LogP contribution in [0, 0.1) is 11.8 Å². The molecule has 1 unspecified atom stereocenters. The molecule has 1 aliphatic carbocycles. The van der Waals surface area contributed by atoms with Gasteiger partial charge in [-0.2, -0.15) is 0 Å². The van der Waals surface area contributed by atoms with Gasteiger partial charge < -0.3 is 10.6 Å². The molecule has 100 valence electrons. The van der Waals surface area contributed by atoms with E-state index in [9.17, 15) is 4.79 Å². The van der Waals surface area contributed by atoms with Gasteiger partial charge in [-0.25, -0.2) is 0 Å². The zero-order valence-electron chi connectivity index (χ0n) is 10.5. The molecule has 1 saturated carbocycles. The maximum Gasteiger partial charge on any atom is 0.220 e. The van der Waals surface area contributed by atoms with E-state index in [1.165, 1.54) is 38.5 Å². The summed E-state index contributed by atoms with van der Waals surface area (Å²) in [6.45, 7) is 3.09. The van der Waals surface area contributed by atoms with Gasteiger partial charge in [0.05, 0.1) is 0 Å². The number of hydrogen-bond donors (Lipinski definition) is 2. The minimum absolute atomic E-state index is 0. The first-order valence-corrected chi connectivity index (χ1v) is 6.82. The number of rotatable bonds is 4. The number of carbonyl (C=O) groups excluding carboxylic acids is 1. The van der Waals surface area contributed by atoms with Crippen molar-refractivity contribution in [2.75, 3.05) is 19.6 Å². The van der Waals surface area contributed by atoms with Crippen LogP contribution in [-0.2, 0) is 4.79 Å². The second kappa shape index (κ2) is 7.93. The molecule has 2 fully saturated rings. The number of nitrogens with one attached hydrogen (secondary N) is 2. The molecule has 0 aromatic heterocycles. The molecule has 0 aromatic rings. The third kappa shape index (κ3) is 5.26. The molecule has 2 aliphatic rings. The van der Waals surface area contributed by atoms with Crippen molar-refractivity contribution < 1.29 is 4.79 Å². The minimum Gasteiger partial charge on any atom is -0.356 e. The maximum absolute atomic E-state index is 11.7. The Bertz CT molecular complexity index is 223. The van der Waals surface area contributed by atoms with Crippen molar-refractivity contribution in [1.82, 2.24) is 10.6 Å². The van der Waals surface area contributed by atoms with E-state index in [1.807, 2.05) is 0 Å². The van der Waals surface area contributed by atoms with E-state index in [1.54, 1.807) is 0 Å². The highest BCUT2D eigenvalue weighted by atomic mass is 35.5. The van der Waals surface area contributed by atoms with Crippen molar-refractivity contribution in [2.24, 2.45) is 11.8 Å². The van der Waals surface area contributed by atoms with E-state index in [0.717, 1.165) is 26.1 Å². The van der Waals surface area contributed by atoms with E-state index in [2.05, 4.69) is 10.6 Å². The summed E-state index contributed by atoms with van der Waals surface area (Å²) in [4.78, 5) is 11.7. The fraction of sp³-hybridized carbons (Fsp3) is 0.923. The van der Waals surface area contributed by atoms with Crippen LogP contribution >= 0.6 is 12.4 Å². The Hall–Kier alpha value is -0.280. The van der Waals surface area contributed by atoms with Gasteiger partial charge in [-0.1, -0.05) is 12.8 Å². The lowest BCUT2D eigenvalue weighted by atomic mass is 9.99. The number of hydrogen-bond acceptors (Lipinski definition) is 2. The van der Waals surface area contributed by atoms with Crippen molar-refractivity contribution in [2.45, 2.75) is 44.9 Å². The first-order chi connectivity index (χ1) is 7.84. The van der Waals surface area contributed by atoms with E-state index >= 15 is 0 Å². The Balaban J connectivity index is 0.00000144. The van der Waals surface area contributed by atoms with Gasteiger partial charge in [-0.05, 0) is 50.6 Å². The fourth-order valence-electron chi connectivity index (χ4n) is 2.91. The summed E-state index contributed by atoms with van der Waals surface area (Å²) >= 11 is 0. The van der Waals surface area contributed by atoms with Crippen molar-refractivity contribution in [3.63, 3.8) is 0 Å². The van der Waals surface area contributed by atoms with E-state index in [-0.39, 0.29) is 18.3 Å². The van der Waals surface area contributed by atoms with Crippen LogP contribution in [0.25, 0.3) is 0 Å². The Kier molecular flexibility index (Phi) is 6.90. The molecular weight excluding hydrogens is 236 g/mol. The largest absolute Gasteiger partial charge is 0.356 e. The Labute approximate surface area is 111 Å². The normalized spacial score (nSPS) is 25.3. The van der Waals surface area contributed by atoms with Gasteiger partial charge in [-0.3, -0.25) is 4.79 Å². The average Bonchev–Trinajstić information content (AvgIpc) is 2.81. The fourth-order valence-corrected chi connectivity index (χ4v) is 2.91. The Morgan fingerprint density at radius 2 is 1.82 bits per heavy atom. The summed E-state index contributed by atoms with van der Waals surface area (Å²) in [6.07, 6.45) is 8.45. The first-order valence-electron chi connectivity index (χ1n) is 6.82. The highest BCUT2D eigenvalue weighted by Crippen LogP contribution is 2.27. The molecule has 2 N–H and O–H groups in total. The molecular formula is C13H25ClN2O. The molecule has 0 spiro atoms. The van der Waals surface area contributed by atoms with Crippen molar-refractivity contribution >= 4 is 18.3 Å². The Morgan fingerprint density at radius 1 is 1.12 bits per heavy atom. The highest BCUT2D eigenvalue weighted by molar-refractivity contribution is 5.85. The van der Waals surface area contributed by atoms with Crippen LogP contribution in [0.2, 0.25) is 0 Å². The lowest BCUT2D eigenvalue weighted by Crippen LogP contribution is -2.38. The van der Waals surface area contributed by atoms with Gasteiger partial charge in [0.15, 0.2) is 0 Å². The molecule has 0 aromatic carbocycles. The van der Waals surface area contributed by atoms with Crippen molar-refractivity contribution in [3.05, 3.63) is 0 Å². The zero-order valence-corrected chi connectivity index (χ0v) is 11.4. The second-order valence-electron chi connectivity index (χ2n) is 5.37. The predicted molar refractivity (Wildman–Crippen MR) is 72.4 cm³/mol. The second-order valence-corrected chi connectivity index (χ2v) is 5.37. The molecule has 1 atom stereocenters. The summed E-state index contributed by atoms with van der Waals surface area (Å²) in [5.74, 6) is 1.60. The Morgan fingerprint density at radius 3 is 2.47 bits per heavy atom. The summed E-state index contributed by atoms with van der Waals surface area (Å²) < 4.78 is 0. The van der Waals surface area contributed by atoms with E-state index in [4.69, 9.17) is 0 Å². The van der Waals surface area contributed by atoms with Gasteiger partial charge in [-0.15, -0.1) is 12.4 Å². The van der Waals surface area contributed by atoms with Gasteiger partial charge in [0, 0.05) is 13.0 Å². The number of carbonyl (C=O) groups is 1. The molecule has 17 heavy (non-hydrogen) atoms. The molecule has 1 amide bonds. The molecule has 2 rings (SSSR count). The first kappa shape index (κ1) is 14.8. The lowest BCUT2D eigenvalue weighted by Gasteiger charge is -2.23. The molecule has 3 nitrogen and oxygen atoms in total. The van der Waals surface area contributed by atoms with Crippen LogP contribution in [0.5, 0.6) is 0 Å². The van der Waals surface area contributed by atoms with Gasteiger partial charge in [0.2, 0.25) is 5.91 Å². The van der Waals surface area contributed by atoms with Crippen LogP contribution in [0.15, 0.2) is 0 Å². The monoisotopic (exact) mass is 260 g/mol. The maximum atomic E-state index is 11.7. The molecule has 1 aliphatic heterocycles. The van der Waals surface area contributed by atoms with Crippen molar-refractivity contribution in [3.8, 4) is 0 Å². The highest BCUT2D eigenvalue weighted by Gasteiger charge is 2.19. The molecule has 4 heteroatoms. The summed E-state index contributed by atoms with van der Waals surface area (Å²) in [7, 11) is 0. The minimum atomic E-state index is 0. The predicted octanol–water partition coefficient (Wildman–Crippen LogP) is 2.10. The molecule has 1 saturated heterocycles. The smallest absolute Gasteiger partial charge is 0.220 e. The topological polar surface area (TPSA) is 41.1 Å². The van der Waals surface area contributed by atoms with Crippen LogP contribution < -0.4 is 10.6 Å². The summed E-state index contributed by atoms with van der Waals surface area (Å²) in [5.41, 5.74) is 0. The zero-order chi connectivity index (χ0) is 11.2. The number of halogens is 1. The van der Waals surface area contributed by atoms with Crippen LogP contribution in [0.4, 0.5) is 0 Å². The molecule has 0 bridgehead atoms. The quantitative estimate of drug-likeness (QED) is 0.813. The third-order valence-electron chi connectivity index (χ3n) is 3.94. The molecule has 0 radical (unpaired) electrons. The summed E-state index contributed by atoms with van der Waals surface area (Å²) in [6, 6.07) is 0. The van der Waals surface area contributed by atoms with Crippen LogP contribution in [0.3, 0.4) is 0 Å². The van der Waals surface area contributed by atoms with Gasteiger partial charge >= 0.3 is 0 Å². The van der Waals surface area contributed by atoms with Crippen LogP contribution in [0.1, 0.15) is 44.9 Å². The third-order valence-corrected chi connectivity index (χ3v) is 3.94. The molecule has 1 heterocycles. The average molecular weight is 261 g/mol. The van der Waals surface area contributed by atoms with E-state index < -0.39 is 0 Å². The SMILES string of the molecule is Cl.O=C(CC1CCCC1)NCC1CCCNC1. The number of amides is 1. The van der Waals surface area contributed by atoms with Crippen LogP contribution in [-0.4, -0.2) is 25.5 Å². The lowest BCUT2D eigenvalue weighted by molar-refractivity contribution is -0.122. The van der Waals surface area contributed by atoms with Crippen molar-refractivity contribution in [1.29, 1.82) is 0 Å². The van der Waals surface area contributed by atoms with Gasteiger partial charge in [0.25, 0.3) is 0 Å². The standard InChI is InChI=1S/C13H24N2O.ClH/c16-13(8-11-4-1-2-5-11)15-10-12-6-3-7-14-9-12;/h11-12,14H,1-10H2,(H,15,16);1H. The van der Waals surface area contributed by atoms with Gasteiger partial charge in [0.1, 0.15) is 0 Å². The van der Waals surface area contributed by atoms with E-state index in [0.29, 0.717) is 11.8 Å². The summed E-state index contributed by atoms with van der Waals surface area (Å²) in [5, 5.41) is 6.48.